The molecule has 9 nitrogen and oxygen atoms in total. The SMILES string of the molecule is COCCn1ccc2ccc(S(=O)(=O)c3ccc(Cl)c4c(=O)n(O)c(=O)[nH]c34)cc21. The van der Waals surface area contributed by atoms with Crippen molar-refractivity contribution in [2.45, 2.75) is 16.3 Å². The number of rotatable bonds is 5. The van der Waals surface area contributed by atoms with Crippen LogP contribution in [0.5, 0.6) is 0 Å². The van der Waals surface area contributed by atoms with Gasteiger partial charge in [-0.15, -0.1) is 0 Å². The van der Waals surface area contributed by atoms with Gasteiger partial charge in [-0.2, -0.15) is 0 Å². The number of benzene rings is 2. The summed E-state index contributed by atoms with van der Waals surface area (Å²) in [6.07, 6.45) is 1.83. The van der Waals surface area contributed by atoms with Crippen LogP contribution in [0, 0.1) is 0 Å². The minimum Gasteiger partial charge on any atom is -0.421 e. The average molecular weight is 450 g/mol. The van der Waals surface area contributed by atoms with Gasteiger partial charge >= 0.3 is 5.69 Å². The zero-order chi connectivity index (χ0) is 21.6. The van der Waals surface area contributed by atoms with Crippen LogP contribution in [0.1, 0.15) is 0 Å². The van der Waals surface area contributed by atoms with Gasteiger partial charge in [0.1, 0.15) is 0 Å². The first-order valence-corrected chi connectivity index (χ1v) is 10.6. The molecule has 0 aliphatic heterocycles. The van der Waals surface area contributed by atoms with E-state index in [1.54, 1.807) is 13.2 Å². The maximum atomic E-state index is 13.4. The number of H-pyrrole nitrogens is 1. The Morgan fingerprint density at radius 2 is 1.93 bits per heavy atom. The van der Waals surface area contributed by atoms with Gasteiger partial charge in [-0.05, 0) is 35.7 Å². The third-order valence-corrected chi connectivity index (χ3v) is 6.94. The van der Waals surface area contributed by atoms with Crippen LogP contribution >= 0.6 is 11.6 Å². The van der Waals surface area contributed by atoms with Gasteiger partial charge in [0.05, 0.1) is 32.3 Å². The number of ether oxygens (including phenoxy) is 1. The van der Waals surface area contributed by atoms with E-state index in [-0.39, 0.29) is 30.4 Å². The molecule has 2 heterocycles. The molecule has 2 aromatic carbocycles. The van der Waals surface area contributed by atoms with Crippen molar-refractivity contribution in [1.29, 1.82) is 0 Å². The zero-order valence-electron chi connectivity index (χ0n) is 15.6. The molecule has 0 fully saturated rings. The first-order chi connectivity index (χ1) is 14.3. The third kappa shape index (κ3) is 3.09. The van der Waals surface area contributed by atoms with Crippen LogP contribution in [0.25, 0.3) is 21.8 Å². The molecule has 30 heavy (non-hydrogen) atoms. The number of nitrogens with one attached hydrogen (secondary N) is 1. The Bertz CT molecular complexity index is 1520. The minimum atomic E-state index is -4.14. The summed E-state index contributed by atoms with van der Waals surface area (Å²) in [4.78, 5) is 26.0. The van der Waals surface area contributed by atoms with E-state index in [1.165, 1.54) is 24.3 Å². The molecule has 0 spiro atoms. The number of nitrogens with zero attached hydrogens (tertiary/aromatic N) is 2. The van der Waals surface area contributed by atoms with E-state index in [0.717, 1.165) is 5.39 Å². The van der Waals surface area contributed by atoms with Crippen molar-refractivity contribution in [2.24, 2.45) is 0 Å². The summed E-state index contributed by atoms with van der Waals surface area (Å²) in [6, 6.07) is 8.95. The Labute approximate surface area is 174 Å². The molecule has 4 rings (SSSR count). The predicted molar refractivity (Wildman–Crippen MR) is 110 cm³/mol. The van der Waals surface area contributed by atoms with Gasteiger partial charge in [0.25, 0.3) is 5.56 Å². The van der Waals surface area contributed by atoms with E-state index < -0.39 is 21.1 Å². The van der Waals surface area contributed by atoms with Gasteiger partial charge < -0.3 is 19.5 Å². The van der Waals surface area contributed by atoms with Gasteiger partial charge in [0.15, 0.2) is 0 Å². The van der Waals surface area contributed by atoms with Crippen molar-refractivity contribution in [3.8, 4) is 0 Å². The van der Waals surface area contributed by atoms with Crippen LogP contribution in [0.2, 0.25) is 5.02 Å². The number of hydrogen-bond donors (Lipinski definition) is 2. The Morgan fingerprint density at radius 1 is 1.17 bits per heavy atom. The van der Waals surface area contributed by atoms with Crippen LogP contribution in [0.15, 0.2) is 62.0 Å². The van der Waals surface area contributed by atoms with Crippen LogP contribution in [-0.2, 0) is 21.1 Å². The monoisotopic (exact) mass is 449 g/mol. The molecule has 11 heteroatoms. The highest BCUT2D eigenvalue weighted by molar-refractivity contribution is 7.91. The van der Waals surface area contributed by atoms with Gasteiger partial charge in [-0.1, -0.05) is 22.4 Å². The number of methoxy groups -OCH3 is 1. The fraction of sp³-hybridized carbons (Fsp3) is 0.158. The molecular weight excluding hydrogens is 434 g/mol. The molecule has 156 valence electrons. The number of fused-ring (bicyclic) bond motifs is 2. The Balaban J connectivity index is 1.97. The van der Waals surface area contributed by atoms with Crippen molar-refractivity contribution >= 4 is 43.2 Å². The summed E-state index contributed by atoms with van der Waals surface area (Å²) in [5.74, 6) is 0. The zero-order valence-corrected chi connectivity index (χ0v) is 17.2. The third-order valence-electron chi connectivity index (χ3n) is 4.83. The maximum absolute atomic E-state index is 13.4. The number of hydrogen-bond acceptors (Lipinski definition) is 6. The molecule has 2 aromatic heterocycles. The average Bonchev–Trinajstić information content (AvgIpc) is 3.12. The molecule has 0 radical (unpaired) electrons. The van der Waals surface area contributed by atoms with Gasteiger partial charge in [0.2, 0.25) is 9.84 Å². The van der Waals surface area contributed by atoms with Crippen LogP contribution in [0.3, 0.4) is 0 Å². The lowest BCUT2D eigenvalue weighted by Crippen LogP contribution is -2.33. The van der Waals surface area contributed by atoms with Gasteiger partial charge in [0, 0.05) is 25.4 Å². The Hall–Kier alpha value is -3.08. The quantitative estimate of drug-likeness (QED) is 0.449. The highest BCUT2D eigenvalue weighted by Gasteiger charge is 2.25. The van der Waals surface area contributed by atoms with E-state index >= 15 is 0 Å². The molecule has 0 unspecified atom stereocenters. The summed E-state index contributed by atoms with van der Waals surface area (Å²) in [7, 11) is -2.56. The highest BCUT2D eigenvalue weighted by atomic mass is 35.5. The highest BCUT2D eigenvalue weighted by Crippen LogP contribution is 2.31. The molecule has 0 aliphatic rings. The molecule has 0 aliphatic carbocycles. The lowest BCUT2D eigenvalue weighted by Gasteiger charge is -2.11. The Kier molecular flexibility index (Phi) is 4.92. The first kappa shape index (κ1) is 20.2. The van der Waals surface area contributed by atoms with Crippen molar-refractivity contribution < 1.29 is 18.4 Å². The van der Waals surface area contributed by atoms with Crippen molar-refractivity contribution in [3.05, 3.63) is 68.5 Å². The number of aromatic amines is 1. The molecule has 0 atom stereocenters. The molecule has 0 amide bonds. The van der Waals surface area contributed by atoms with Crippen molar-refractivity contribution in [3.63, 3.8) is 0 Å². The maximum Gasteiger partial charge on any atom is 0.362 e. The lowest BCUT2D eigenvalue weighted by molar-refractivity contribution is 0.162. The summed E-state index contributed by atoms with van der Waals surface area (Å²) in [6.45, 7) is 0.994. The fourth-order valence-corrected chi connectivity index (χ4v) is 4.99. The van der Waals surface area contributed by atoms with Crippen LogP contribution in [-0.4, -0.2) is 41.6 Å². The Morgan fingerprint density at radius 3 is 2.67 bits per heavy atom. The molecule has 0 bridgehead atoms. The predicted octanol–water partition coefficient (Wildman–Crippen LogP) is 2.01. The number of halogens is 1. The molecule has 0 saturated heterocycles. The second-order valence-electron chi connectivity index (χ2n) is 6.57. The van der Waals surface area contributed by atoms with E-state index in [9.17, 15) is 23.2 Å². The number of aromatic nitrogens is 3. The smallest absolute Gasteiger partial charge is 0.362 e. The molecule has 0 saturated carbocycles. The summed E-state index contributed by atoms with van der Waals surface area (Å²) >= 11 is 6.03. The second kappa shape index (κ2) is 7.31. The van der Waals surface area contributed by atoms with E-state index in [1.807, 2.05) is 16.8 Å². The standard InChI is InChI=1S/C19H16ClN3O6S/c1-29-9-8-22-7-6-11-2-3-12(10-14(11)22)30(27,28)15-5-4-13(20)16-17(15)21-19(25)23(26)18(16)24/h2-7,10,26H,8-9H2,1H3,(H,21,25). The fourth-order valence-electron chi connectivity index (χ4n) is 3.32. The van der Waals surface area contributed by atoms with E-state index in [4.69, 9.17) is 16.3 Å². The summed E-state index contributed by atoms with van der Waals surface area (Å²) in [5.41, 5.74) is -1.86. The number of sulfone groups is 1. The second-order valence-corrected chi connectivity index (χ2v) is 8.89. The topological polar surface area (TPSA) is 123 Å². The van der Waals surface area contributed by atoms with Crippen LogP contribution < -0.4 is 11.2 Å². The molecule has 4 aromatic rings. The van der Waals surface area contributed by atoms with Crippen molar-refractivity contribution in [2.75, 3.05) is 13.7 Å². The van der Waals surface area contributed by atoms with Gasteiger partial charge in [-0.25, -0.2) is 13.2 Å². The lowest BCUT2D eigenvalue weighted by atomic mass is 10.2. The normalized spacial score (nSPS) is 12.1. The van der Waals surface area contributed by atoms with Gasteiger partial charge in [-0.3, -0.25) is 4.79 Å². The largest absolute Gasteiger partial charge is 0.421 e. The molecule has 2 N–H and O–H groups in total. The molecular formula is C19H16ClN3O6S. The first-order valence-electron chi connectivity index (χ1n) is 8.75. The van der Waals surface area contributed by atoms with E-state index in [0.29, 0.717) is 18.7 Å². The summed E-state index contributed by atoms with van der Waals surface area (Å²) < 4.78 is 33.6. The van der Waals surface area contributed by atoms with Crippen molar-refractivity contribution in [1.82, 2.24) is 14.3 Å². The summed E-state index contributed by atoms with van der Waals surface area (Å²) in [5, 5.41) is 10.0. The van der Waals surface area contributed by atoms with Crippen LogP contribution in [0.4, 0.5) is 0 Å². The minimum absolute atomic E-state index is 0.0231. The van der Waals surface area contributed by atoms with E-state index in [2.05, 4.69) is 4.98 Å².